The minimum absolute atomic E-state index is 0.349. The second-order valence-electron chi connectivity index (χ2n) is 6.79. The molecule has 2 N–H and O–H groups in total. The fraction of sp³-hybridized carbons (Fsp3) is 0.286. The van der Waals surface area contributed by atoms with E-state index in [4.69, 9.17) is 0 Å². The van der Waals surface area contributed by atoms with Crippen LogP contribution in [0.1, 0.15) is 30.5 Å². The Balaban J connectivity index is 1.53. The summed E-state index contributed by atoms with van der Waals surface area (Å²) in [6, 6.07) is 13.9. The van der Waals surface area contributed by atoms with Gasteiger partial charge < -0.3 is 10.6 Å². The van der Waals surface area contributed by atoms with E-state index in [1.165, 1.54) is 12.1 Å². The minimum atomic E-state index is -0.630. The number of halogens is 1. The third-order valence-electron chi connectivity index (χ3n) is 4.72. The highest BCUT2D eigenvalue weighted by atomic mass is 19.1. The third kappa shape index (κ3) is 4.73. The number of carbonyl (C=O) groups excluding carboxylic acids is 3. The number of nitrogens with one attached hydrogen (secondary N) is 2. The number of hydrogen-bond donors (Lipinski definition) is 2. The summed E-state index contributed by atoms with van der Waals surface area (Å²) < 4.78 is 13.0. The molecule has 0 bridgehead atoms. The molecule has 0 unspecified atom stereocenters. The fourth-order valence-corrected chi connectivity index (χ4v) is 3.14. The first-order valence-corrected chi connectivity index (χ1v) is 9.14. The first-order chi connectivity index (χ1) is 13.4. The number of amides is 4. The summed E-state index contributed by atoms with van der Waals surface area (Å²) in [5.74, 6) is -1.21. The van der Waals surface area contributed by atoms with E-state index in [-0.39, 0.29) is 18.4 Å². The van der Waals surface area contributed by atoms with Gasteiger partial charge in [0, 0.05) is 0 Å². The van der Waals surface area contributed by atoms with Crippen LogP contribution in [0.3, 0.4) is 0 Å². The lowest BCUT2D eigenvalue weighted by molar-refractivity contribution is -0.132. The molecular weight excluding hydrogens is 361 g/mol. The molecule has 1 aliphatic rings. The van der Waals surface area contributed by atoms with Crippen molar-refractivity contribution >= 4 is 17.8 Å². The minimum Gasteiger partial charge on any atom is -0.348 e. The number of aryl methyl sites for hydroxylation is 1. The van der Waals surface area contributed by atoms with E-state index in [2.05, 4.69) is 10.6 Å². The quantitative estimate of drug-likeness (QED) is 0.722. The molecule has 1 aliphatic heterocycles. The van der Waals surface area contributed by atoms with Crippen LogP contribution in [-0.2, 0) is 16.0 Å². The van der Waals surface area contributed by atoms with E-state index in [0.717, 1.165) is 16.0 Å². The smallest absolute Gasteiger partial charge is 0.325 e. The summed E-state index contributed by atoms with van der Waals surface area (Å²) in [4.78, 5) is 37.8. The number of hydrogen-bond acceptors (Lipinski definition) is 3. The van der Waals surface area contributed by atoms with Crippen molar-refractivity contribution in [2.75, 3.05) is 6.54 Å². The molecule has 1 heterocycles. The molecule has 2 aromatic carbocycles. The van der Waals surface area contributed by atoms with Crippen molar-refractivity contribution in [3.05, 3.63) is 71.5 Å². The molecule has 1 saturated heterocycles. The van der Waals surface area contributed by atoms with E-state index in [0.29, 0.717) is 12.8 Å². The largest absolute Gasteiger partial charge is 0.348 e. The van der Waals surface area contributed by atoms with E-state index in [9.17, 15) is 18.8 Å². The van der Waals surface area contributed by atoms with Gasteiger partial charge >= 0.3 is 6.03 Å². The monoisotopic (exact) mass is 383 g/mol. The summed E-state index contributed by atoms with van der Waals surface area (Å²) in [6.07, 6.45) is 1.12. The van der Waals surface area contributed by atoms with Crippen LogP contribution in [0.4, 0.5) is 9.18 Å². The Morgan fingerprint density at radius 1 is 1.14 bits per heavy atom. The molecule has 28 heavy (non-hydrogen) atoms. The molecule has 146 valence electrons. The van der Waals surface area contributed by atoms with Crippen molar-refractivity contribution in [1.82, 2.24) is 15.5 Å². The van der Waals surface area contributed by atoms with Crippen molar-refractivity contribution in [3.8, 4) is 0 Å². The number of imide groups is 1. The van der Waals surface area contributed by atoms with E-state index in [1.807, 2.05) is 30.3 Å². The molecule has 3 rings (SSSR count). The van der Waals surface area contributed by atoms with Crippen molar-refractivity contribution in [3.63, 3.8) is 0 Å². The van der Waals surface area contributed by atoms with Gasteiger partial charge in [-0.2, -0.15) is 0 Å². The third-order valence-corrected chi connectivity index (χ3v) is 4.72. The van der Waals surface area contributed by atoms with Gasteiger partial charge in [-0.25, -0.2) is 9.18 Å². The molecule has 6 nitrogen and oxygen atoms in total. The number of benzene rings is 2. The van der Waals surface area contributed by atoms with Gasteiger partial charge in [-0.15, -0.1) is 0 Å². The van der Waals surface area contributed by atoms with Gasteiger partial charge in [0.25, 0.3) is 5.91 Å². The molecule has 4 amide bonds. The average Bonchev–Trinajstić information content (AvgIpc) is 2.95. The lowest BCUT2D eigenvalue weighted by atomic mass is 10.1. The van der Waals surface area contributed by atoms with Crippen molar-refractivity contribution < 1.29 is 18.8 Å². The Morgan fingerprint density at radius 2 is 1.82 bits per heavy atom. The highest BCUT2D eigenvalue weighted by Crippen LogP contribution is 2.15. The predicted octanol–water partition coefficient (Wildman–Crippen LogP) is 2.56. The van der Waals surface area contributed by atoms with Crippen LogP contribution >= 0.6 is 0 Å². The Labute approximate surface area is 162 Å². The Bertz CT molecular complexity index is 855. The van der Waals surface area contributed by atoms with E-state index in [1.54, 1.807) is 19.1 Å². The van der Waals surface area contributed by atoms with E-state index < -0.39 is 23.9 Å². The van der Waals surface area contributed by atoms with Crippen molar-refractivity contribution in [1.29, 1.82) is 0 Å². The lowest BCUT2D eigenvalue weighted by Gasteiger charge is -2.17. The van der Waals surface area contributed by atoms with Crippen molar-refractivity contribution in [2.24, 2.45) is 0 Å². The predicted molar refractivity (Wildman–Crippen MR) is 102 cm³/mol. The second kappa shape index (κ2) is 8.65. The van der Waals surface area contributed by atoms with Gasteiger partial charge in [-0.05, 0) is 43.0 Å². The topological polar surface area (TPSA) is 78.5 Å². The SMILES string of the molecule is C[C@@H](NC(=O)CN1C(=O)N[C@@H](CCc2ccccc2)C1=O)c1ccc(F)cc1. The molecule has 1 fully saturated rings. The summed E-state index contributed by atoms with van der Waals surface area (Å²) in [6.45, 7) is 1.40. The first kappa shape index (κ1) is 19.5. The Morgan fingerprint density at radius 3 is 2.50 bits per heavy atom. The number of urea groups is 1. The van der Waals surface area contributed by atoms with Crippen LogP contribution in [0.15, 0.2) is 54.6 Å². The van der Waals surface area contributed by atoms with Crippen LogP contribution in [0, 0.1) is 5.82 Å². The molecule has 7 heteroatoms. The maximum Gasteiger partial charge on any atom is 0.325 e. The summed E-state index contributed by atoms with van der Waals surface area (Å²) in [7, 11) is 0. The van der Waals surface area contributed by atoms with Gasteiger partial charge in [0.2, 0.25) is 5.91 Å². The zero-order valence-electron chi connectivity index (χ0n) is 15.5. The zero-order valence-corrected chi connectivity index (χ0v) is 15.5. The standard InChI is InChI=1S/C21H22FN3O3/c1-14(16-8-10-17(22)11-9-16)23-19(26)13-25-20(27)18(24-21(25)28)12-7-15-5-3-2-4-6-15/h2-6,8-11,14,18H,7,12-13H2,1H3,(H,23,26)(H,24,28)/t14-,18+/m1/s1. The van der Waals surface area contributed by atoms with Crippen LogP contribution in [0.5, 0.6) is 0 Å². The van der Waals surface area contributed by atoms with Crippen LogP contribution in [-0.4, -0.2) is 35.3 Å². The second-order valence-corrected chi connectivity index (χ2v) is 6.79. The fourth-order valence-electron chi connectivity index (χ4n) is 3.14. The number of rotatable bonds is 7. The molecule has 0 aromatic heterocycles. The van der Waals surface area contributed by atoms with Crippen LogP contribution in [0.25, 0.3) is 0 Å². The maximum atomic E-state index is 13.0. The molecule has 0 radical (unpaired) electrons. The molecule has 2 aromatic rings. The number of carbonyl (C=O) groups is 3. The van der Waals surface area contributed by atoms with Gasteiger partial charge in [-0.1, -0.05) is 42.5 Å². The molecular formula is C21H22FN3O3. The molecule has 0 aliphatic carbocycles. The van der Waals surface area contributed by atoms with Crippen LogP contribution in [0.2, 0.25) is 0 Å². The van der Waals surface area contributed by atoms with E-state index >= 15 is 0 Å². The molecule has 0 spiro atoms. The van der Waals surface area contributed by atoms with Gasteiger partial charge in [0.15, 0.2) is 0 Å². The molecule has 2 atom stereocenters. The Kier molecular flexibility index (Phi) is 6.03. The summed E-state index contributed by atoms with van der Waals surface area (Å²) in [5, 5.41) is 5.36. The number of nitrogens with zero attached hydrogens (tertiary/aromatic N) is 1. The average molecular weight is 383 g/mol. The molecule has 0 saturated carbocycles. The van der Waals surface area contributed by atoms with Crippen molar-refractivity contribution in [2.45, 2.75) is 31.8 Å². The van der Waals surface area contributed by atoms with Gasteiger partial charge in [0.05, 0.1) is 6.04 Å². The normalized spacial score (nSPS) is 17.4. The highest BCUT2D eigenvalue weighted by molar-refractivity contribution is 6.06. The highest BCUT2D eigenvalue weighted by Gasteiger charge is 2.38. The van der Waals surface area contributed by atoms with Gasteiger partial charge in [-0.3, -0.25) is 14.5 Å². The zero-order chi connectivity index (χ0) is 20.1. The van der Waals surface area contributed by atoms with Crippen LogP contribution < -0.4 is 10.6 Å². The summed E-state index contributed by atoms with van der Waals surface area (Å²) >= 11 is 0. The first-order valence-electron chi connectivity index (χ1n) is 9.14. The maximum absolute atomic E-state index is 13.0. The Hall–Kier alpha value is -3.22. The summed E-state index contributed by atoms with van der Waals surface area (Å²) in [5.41, 5.74) is 1.81. The lowest BCUT2D eigenvalue weighted by Crippen LogP contribution is -2.41. The van der Waals surface area contributed by atoms with Gasteiger partial charge in [0.1, 0.15) is 18.4 Å².